The van der Waals surface area contributed by atoms with E-state index in [-0.39, 0.29) is 28.3 Å². The lowest BCUT2D eigenvalue weighted by Crippen LogP contribution is -2.50. The summed E-state index contributed by atoms with van der Waals surface area (Å²) < 4.78 is 13.2. The first-order chi connectivity index (χ1) is 15.4. The minimum absolute atomic E-state index is 0.0692. The topological polar surface area (TPSA) is 69.7 Å². The first-order valence-corrected chi connectivity index (χ1v) is 11.2. The molecule has 1 aliphatic heterocycles. The molecule has 1 N–H and O–H groups in total. The molecule has 1 fully saturated rings. The van der Waals surface area contributed by atoms with Crippen LogP contribution in [0, 0.1) is 5.82 Å². The van der Waals surface area contributed by atoms with Gasteiger partial charge in [0.1, 0.15) is 5.82 Å². The lowest BCUT2D eigenvalue weighted by Gasteiger charge is -2.35. The Morgan fingerprint density at radius 2 is 1.56 bits per heavy atom. The number of benzene rings is 2. The SMILES string of the molecule is O=C(Nc1ccc(C(=O)N2CCN(C(=O)c3ccc(F)cc3Cl)CC2)cc1)c1cccs1. The van der Waals surface area contributed by atoms with E-state index >= 15 is 0 Å². The lowest BCUT2D eigenvalue weighted by molar-refractivity contribution is 0.0535. The minimum Gasteiger partial charge on any atom is -0.335 e. The number of nitrogens with one attached hydrogen (secondary N) is 1. The summed E-state index contributed by atoms with van der Waals surface area (Å²) in [5.41, 5.74) is 1.35. The summed E-state index contributed by atoms with van der Waals surface area (Å²) in [6.45, 7) is 1.46. The number of carbonyl (C=O) groups is 3. The van der Waals surface area contributed by atoms with Crippen molar-refractivity contribution >= 4 is 46.3 Å². The zero-order chi connectivity index (χ0) is 22.7. The van der Waals surface area contributed by atoms with E-state index in [1.54, 1.807) is 40.1 Å². The lowest BCUT2D eigenvalue weighted by atomic mass is 10.1. The van der Waals surface area contributed by atoms with Crippen molar-refractivity contribution in [2.45, 2.75) is 0 Å². The van der Waals surface area contributed by atoms with Gasteiger partial charge in [-0.15, -0.1) is 11.3 Å². The van der Waals surface area contributed by atoms with E-state index in [0.717, 1.165) is 6.07 Å². The summed E-state index contributed by atoms with van der Waals surface area (Å²) in [5.74, 6) is -1.12. The third kappa shape index (κ3) is 4.81. The Hall–Kier alpha value is -3.23. The number of piperazine rings is 1. The van der Waals surface area contributed by atoms with Crippen LogP contribution in [-0.2, 0) is 0 Å². The molecule has 4 rings (SSSR count). The molecule has 0 unspecified atom stereocenters. The summed E-state index contributed by atoms with van der Waals surface area (Å²) in [5, 5.41) is 4.70. The average molecular weight is 472 g/mol. The normalized spacial score (nSPS) is 13.7. The number of amides is 3. The van der Waals surface area contributed by atoms with E-state index in [2.05, 4.69) is 5.32 Å². The van der Waals surface area contributed by atoms with Crippen LogP contribution in [0.15, 0.2) is 60.0 Å². The predicted molar refractivity (Wildman–Crippen MR) is 122 cm³/mol. The van der Waals surface area contributed by atoms with Crippen molar-refractivity contribution in [3.05, 3.63) is 86.8 Å². The van der Waals surface area contributed by atoms with E-state index < -0.39 is 5.82 Å². The Kier molecular flexibility index (Phi) is 6.53. The number of rotatable bonds is 4. The van der Waals surface area contributed by atoms with Crippen LogP contribution < -0.4 is 5.32 Å². The van der Waals surface area contributed by atoms with Crippen molar-refractivity contribution in [3.8, 4) is 0 Å². The molecule has 9 heteroatoms. The summed E-state index contributed by atoms with van der Waals surface area (Å²) >= 11 is 7.35. The van der Waals surface area contributed by atoms with Gasteiger partial charge >= 0.3 is 0 Å². The van der Waals surface area contributed by atoms with Gasteiger partial charge in [-0.3, -0.25) is 14.4 Å². The molecule has 1 saturated heterocycles. The second-order valence-electron chi connectivity index (χ2n) is 7.22. The molecule has 0 radical (unpaired) electrons. The fourth-order valence-corrected chi connectivity index (χ4v) is 4.29. The predicted octanol–water partition coefficient (Wildman–Crippen LogP) is 4.39. The van der Waals surface area contributed by atoms with Gasteiger partial charge in [0.15, 0.2) is 0 Å². The molecule has 0 atom stereocenters. The molecular weight excluding hydrogens is 453 g/mol. The quantitative estimate of drug-likeness (QED) is 0.613. The van der Waals surface area contributed by atoms with Gasteiger partial charge in [0.2, 0.25) is 0 Å². The Balaban J connectivity index is 1.34. The third-order valence-corrected chi connectivity index (χ3v) is 6.33. The molecule has 3 amide bonds. The molecule has 3 aromatic rings. The molecule has 2 heterocycles. The third-order valence-electron chi connectivity index (χ3n) is 5.15. The molecule has 6 nitrogen and oxygen atoms in total. The maximum Gasteiger partial charge on any atom is 0.265 e. The number of thiophene rings is 1. The van der Waals surface area contributed by atoms with Crippen LogP contribution in [0.3, 0.4) is 0 Å². The van der Waals surface area contributed by atoms with Crippen molar-refractivity contribution in [1.29, 1.82) is 0 Å². The Labute approximate surface area is 193 Å². The van der Waals surface area contributed by atoms with E-state index in [1.807, 2.05) is 11.4 Å². The number of anilines is 1. The van der Waals surface area contributed by atoms with Crippen LogP contribution in [0.25, 0.3) is 0 Å². The highest BCUT2D eigenvalue weighted by atomic mass is 35.5. The van der Waals surface area contributed by atoms with Gasteiger partial charge in [0.05, 0.1) is 15.5 Å². The summed E-state index contributed by atoms with van der Waals surface area (Å²) in [6.07, 6.45) is 0. The van der Waals surface area contributed by atoms with Crippen LogP contribution in [0.5, 0.6) is 0 Å². The first kappa shape index (κ1) is 22.0. The standard InChI is InChI=1S/C23H19ClFN3O3S/c24-19-14-16(25)5-8-18(19)23(31)28-11-9-27(10-12-28)22(30)15-3-6-17(7-4-15)26-21(29)20-2-1-13-32-20/h1-8,13-14H,9-12H2,(H,26,29). The van der Waals surface area contributed by atoms with Gasteiger partial charge in [-0.1, -0.05) is 17.7 Å². The molecule has 0 bridgehead atoms. The van der Waals surface area contributed by atoms with Gasteiger partial charge in [-0.05, 0) is 53.9 Å². The summed E-state index contributed by atoms with van der Waals surface area (Å²) in [4.78, 5) is 41.5. The number of hydrogen-bond acceptors (Lipinski definition) is 4. The van der Waals surface area contributed by atoms with Crippen molar-refractivity contribution in [3.63, 3.8) is 0 Å². The fraction of sp³-hybridized carbons (Fsp3) is 0.174. The highest BCUT2D eigenvalue weighted by molar-refractivity contribution is 7.12. The number of carbonyl (C=O) groups excluding carboxylic acids is 3. The average Bonchev–Trinajstić information content (AvgIpc) is 3.34. The van der Waals surface area contributed by atoms with Crippen molar-refractivity contribution < 1.29 is 18.8 Å². The molecule has 0 aliphatic carbocycles. The van der Waals surface area contributed by atoms with Gasteiger partial charge in [0.25, 0.3) is 17.7 Å². The monoisotopic (exact) mass is 471 g/mol. The number of halogens is 2. The van der Waals surface area contributed by atoms with E-state index in [4.69, 9.17) is 11.6 Å². The molecule has 0 saturated carbocycles. The molecule has 1 aromatic heterocycles. The van der Waals surface area contributed by atoms with E-state index in [1.165, 1.54) is 23.5 Å². The minimum atomic E-state index is -0.501. The molecule has 164 valence electrons. The van der Waals surface area contributed by atoms with Crippen molar-refractivity contribution in [2.24, 2.45) is 0 Å². The smallest absolute Gasteiger partial charge is 0.265 e. The van der Waals surface area contributed by atoms with Gasteiger partial charge in [-0.25, -0.2) is 4.39 Å². The Bertz CT molecular complexity index is 1140. The molecule has 32 heavy (non-hydrogen) atoms. The zero-order valence-electron chi connectivity index (χ0n) is 16.9. The van der Waals surface area contributed by atoms with E-state index in [0.29, 0.717) is 42.3 Å². The molecular formula is C23H19ClFN3O3S. The van der Waals surface area contributed by atoms with Crippen LogP contribution in [0.4, 0.5) is 10.1 Å². The fourth-order valence-electron chi connectivity index (χ4n) is 3.43. The largest absolute Gasteiger partial charge is 0.335 e. The second kappa shape index (κ2) is 9.50. The molecule has 1 aliphatic rings. The van der Waals surface area contributed by atoms with Crippen LogP contribution in [-0.4, -0.2) is 53.7 Å². The van der Waals surface area contributed by atoms with Gasteiger partial charge in [0, 0.05) is 37.4 Å². The number of nitrogens with zero attached hydrogens (tertiary/aromatic N) is 2. The van der Waals surface area contributed by atoms with Crippen molar-refractivity contribution in [1.82, 2.24) is 9.80 Å². The molecule has 2 aromatic carbocycles. The molecule has 0 spiro atoms. The highest BCUT2D eigenvalue weighted by Crippen LogP contribution is 2.21. The maximum atomic E-state index is 13.2. The summed E-state index contributed by atoms with van der Waals surface area (Å²) in [7, 11) is 0. The second-order valence-corrected chi connectivity index (χ2v) is 8.57. The van der Waals surface area contributed by atoms with Crippen LogP contribution in [0.2, 0.25) is 5.02 Å². The highest BCUT2D eigenvalue weighted by Gasteiger charge is 2.26. The van der Waals surface area contributed by atoms with Crippen LogP contribution >= 0.6 is 22.9 Å². The zero-order valence-corrected chi connectivity index (χ0v) is 18.5. The Morgan fingerprint density at radius 3 is 2.16 bits per heavy atom. The van der Waals surface area contributed by atoms with Crippen LogP contribution in [0.1, 0.15) is 30.4 Å². The van der Waals surface area contributed by atoms with Crippen molar-refractivity contribution in [2.75, 3.05) is 31.5 Å². The summed E-state index contributed by atoms with van der Waals surface area (Å²) in [6, 6.07) is 14.0. The number of hydrogen-bond donors (Lipinski definition) is 1. The first-order valence-electron chi connectivity index (χ1n) is 9.91. The van der Waals surface area contributed by atoms with E-state index in [9.17, 15) is 18.8 Å². The van der Waals surface area contributed by atoms with Gasteiger partial charge < -0.3 is 15.1 Å². The Morgan fingerprint density at radius 1 is 0.906 bits per heavy atom. The van der Waals surface area contributed by atoms with Gasteiger partial charge in [-0.2, -0.15) is 0 Å². The maximum absolute atomic E-state index is 13.2.